The molecule has 30 heavy (non-hydrogen) atoms. The summed E-state index contributed by atoms with van der Waals surface area (Å²) in [5.74, 6) is 0.552. The van der Waals surface area contributed by atoms with Crippen LogP contribution in [-0.4, -0.2) is 35.1 Å². The smallest absolute Gasteiger partial charge is 0.242 e. The SMILES string of the molecule is CCCNC(=O)[C@@H](C)N(Cc1c(Cl)cccc1Cl)C(=O)CSCc1ccc(Cl)cc1. The zero-order valence-corrected chi connectivity index (χ0v) is 20.0. The molecule has 0 spiro atoms. The number of rotatable bonds is 10. The Kier molecular flexibility index (Phi) is 10.3. The summed E-state index contributed by atoms with van der Waals surface area (Å²) in [5, 5.41) is 4.46. The van der Waals surface area contributed by atoms with Crippen molar-refractivity contribution in [3.05, 3.63) is 68.7 Å². The van der Waals surface area contributed by atoms with Crippen molar-refractivity contribution in [3.63, 3.8) is 0 Å². The second-order valence-electron chi connectivity index (χ2n) is 6.81. The lowest BCUT2D eigenvalue weighted by atomic mass is 10.1. The maximum absolute atomic E-state index is 13.1. The van der Waals surface area contributed by atoms with Crippen LogP contribution in [0.2, 0.25) is 15.1 Å². The lowest BCUT2D eigenvalue weighted by molar-refractivity contribution is -0.138. The van der Waals surface area contributed by atoms with Gasteiger partial charge in [0.1, 0.15) is 6.04 Å². The molecular weight excluding hydrogens is 463 g/mol. The number of benzene rings is 2. The van der Waals surface area contributed by atoms with Gasteiger partial charge in [-0.25, -0.2) is 0 Å². The van der Waals surface area contributed by atoms with Gasteiger partial charge in [0.2, 0.25) is 11.8 Å². The summed E-state index contributed by atoms with van der Waals surface area (Å²) in [5.41, 5.74) is 1.71. The van der Waals surface area contributed by atoms with Crippen LogP contribution in [0, 0.1) is 0 Å². The first-order chi connectivity index (χ1) is 14.3. The highest BCUT2D eigenvalue weighted by Crippen LogP contribution is 2.27. The van der Waals surface area contributed by atoms with Crippen molar-refractivity contribution < 1.29 is 9.59 Å². The van der Waals surface area contributed by atoms with Gasteiger partial charge in [0.25, 0.3) is 0 Å². The van der Waals surface area contributed by atoms with E-state index < -0.39 is 6.04 Å². The van der Waals surface area contributed by atoms with Crippen LogP contribution < -0.4 is 5.32 Å². The minimum absolute atomic E-state index is 0.149. The molecule has 2 aromatic rings. The highest BCUT2D eigenvalue weighted by atomic mass is 35.5. The zero-order chi connectivity index (χ0) is 22.1. The zero-order valence-electron chi connectivity index (χ0n) is 17.0. The van der Waals surface area contributed by atoms with E-state index in [0.717, 1.165) is 12.0 Å². The van der Waals surface area contributed by atoms with Gasteiger partial charge in [-0.15, -0.1) is 11.8 Å². The fraction of sp³-hybridized carbons (Fsp3) is 0.364. The number of nitrogens with one attached hydrogen (secondary N) is 1. The normalized spacial score (nSPS) is 11.8. The third-order valence-corrected chi connectivity index (χ3v) is 6.46. The van der Waals surface area contributed by atoms with Crippen LogP contribution in [0.5, 0.6) is 0 Å². The van der Waals surface area contributed by atoms with E-state index in [2.05, 4.69) is 5.32 Å². The Balaban J connectivity index is 2.11. The predicted octanol–water partition coefficient (Wildman–Crippen LogP) is 5.82. The predicted molar refractivity (Wildman–Crippen MR) is 127 cm³/mol. The van der Waals surface area contributed by atoms with Crippen LogP contribution in [0.25, 0.3) is 0 Å². The van der Waals surface area contributed by atoms with Crippen molar-refractivity contribution >= 4 is 58.4 Å². The van der Waals surface area contributed by atoms with E-state index in [1.807, 2.05) is 31.2 Å². The molecule has 0 aliphatic rings. The molecule has 0 aromatic heterocycles. The van der Waals surface area contributed by atoms with Gasteiger partial charge >= 0.3 is 0 Å². The maximum atomic E-state index is 13.1. The lowest BCUT2D eigenvalue weighted by Gasteiger charge is -2.29. The van der Waals surface area contributed by atoms with Crippen molar-refractivity contribution in [1.82, 2.24) is 10.2 Å². The number of nitrogens with zero attached hydrogens (tertiary/aromatic N) is 1. The van der Waals surface area contributed by atoms with Gasteiger partial charge in [0.05, 0.1) is 5.75 Å². The fourth-order valence-electron chi connectivity index (χ4n) is 2.75. The minimum atomic E-state index is -0.646. The summed E-state index contributed by atoms with van der Waals surface area (Å²) in [7, 11) is 0. The average molecular weight is 488 g/mol. The van der Waals surface area contributed by atoms with Gasteiger partial charge < -0.3 is 10.2 Å². The van der Waals surface area contributed by atoms with Crippen LogP contribution in [0.15, 0.2) is 42.5 Å². The van der Waals surface area contributed by atoms with Crippen molar-refractivity contribution in [2.45, 2.75) is 38.6 Å². The summed E-state index contributed by atoms with van der Waals surface area (Å²) in [6, 6.07) is 12.1. The molecule has 0 saturated heterocycles. The molecule has 0 aliphatic carbocycles. The van der Waals surface area contributed by atoms with Crippen LogP contribution in [0.3, 0.4) is 0 Å². The Morgan fingerprint density at radius 2 is 1.70 bits per heavy atom. The highest BCUT2D eigenvalue weighted by Gasteiger charge is 2.27. The molecule has 2 aromatic carbocycles. The number of hydrogen-bond acceptors (Lipinski definition) is 3. The number of carbonyl (C=O) groups excluding carboxylic acids is 2. The van der Waals surface area contributed by atoms with E-state index in [-0.39, 0.29) is 24.1 Å². The maximum Gasteiger partial charge on any atom is 0.242 e. The highest BCUT2D eigenvalue weighted by molar-refractivity contribution is 7.99. The van der Waals surface area contributed by atoms with E-state index >= 15 is 0 Å². The van der Waals surface area contributed by atoms with Gasteiger partial charge in [-0.3, -0.25) is 9.59 Å². The van der Waals surface area contributed by atoms with Gasteiger partial charge in [-0.1, -0.05) is 59.9 Å². The second kappa shape index (κ2) is 12.5. The van der Waals surface area contributed by atoms with Gasteiger partial charge in [-0.05, 0) is 43.2 Å². The van der Waals surface area contributed by atoms with Crippen LogP contribution >= 0.6 is 46.6 Å². The van der Waals surface area contributed by atoms with E-state index in [9.17, 15) is 9.59 Å². The van der Waals surface area contributed by atoms with Gasteiger partial charge in [0, 0.05) is 39.5 Å². The Hall–Kier alpha value is -1.40. The Morgan fingerprint density at radius 1 is 1.07 bits per heavy atom. The van der Waals surface area contributed by atoms with E-state index in [1.54, 1.807) is 25.1 Å². The third kappa shape index (κ3) is 7.38. The number of thioether (sulfide) groups is 1. The Bertz CT molecular complexity index is 842. The number of hydrogen-bond donors (Lipinski definition) is 1. The molecule has 1 N–H and O–H groups in total. The van der Waals surface area contributed by atoms with Crippen LogP contribution in [0.4, 0.5) is 0 Å². The van der Waals surface area contributed by atoms with Gasteiger partial charge in [-0.2, -0.15) is 0 Å². The largest absolute Gasteiger partial charge is 0.354 e. The summed E-state index contributed by atoms with van der Waals surface area (Å²) in [4.78, 5) is 27.1. The Labute approximate surface area is 197 Å². The summed E-state index contributed by atoms with van der Waals surface area (Å²) >= 11 is 20.0. The molecule has 2 amide bonds. The minimum Gasteiger partial charge on any atom is -0.354 e. The van der Waals surface area contributed by atoms with E-state index in [0.29, 0.717) is 32.9 Å². The molecule has 8 heteroatoms. The van der Waals surface area contributed by atoms with Crippen LogP contribution in [-0.2, 0) is 21.9 Å². The fourth-order valence-corrected chi connectivity index (χ4v) is 4.27. The Morgan fingerprint density at radius 3 is 2.30 bits per heavy atom. The molecule has 0 radical (unpaired) electrons. The molecule has 162 valence electrons. The molecule has 0 bridgehead atoms. The lowest BCUT2D eigenvalue weighted by Crippen LogP contribution is -2.48. The van der Waals surface area contributed by atoms with E-state index in [4.69, 9.17) is 34.8 Å². The topological polar surface area (TPSA) is 49.4 Å². The van der Waals surface area contributed by atoms with Crippen molar-refractivity contribution in [3.8, 4) is 0 Å². The molecule has 2 rings (SSSR count). The molecule has 4 nitrogen and oxygen atoms in total. The molecule has 0 saturated carbocycles. The standard InChI is InChI=1S/C22H25Cl3N2O2S/c1-3-11-26-22(29)15(2)27(12-18-19(24)5-4-6-20(18)25)21(28)14-30-13-16-7-9-17(23)10-8-16/h4-10,15H,3,11-14H2,1-2H3,(H,26,29)/t15-/m1/s1. The quantitative estimate of drug-likeness (QED) is 0.459. The van der Waals surface area contributed by atoms with E-state index in [1.165, 1.54) is 16.7 Å². The molecule has 1 atom stereocenters. The number of carbonyl (C=O) groups is 2. The molecule has 0 heterocycles. The summed E-state index contributed by atoms with van der Waals surface area (Å²) in [6.45, 7) is 4.42. The third-order valence-electron chi connectivity index (χ3n) is 4.51. The average Bonchev–Trinajstić information content (AvgIpc) is 2.72. The number of amides is 2. The summed E-state index contributed by atoms with van der Waals surface area (Å²) in [6.07, 6.45) is 0.819. The van der Waals surface area contributed by atoms with Crippen molar-refractivity contribution in [2.24, 2.45) is 0 Å². The first kappa shape index (κ1) is 24.9. The molecule has 0 aliphatic heterocycles. The van der Waals surface area contributed by atoms with Crippen molar-refractivity contribution in [2.75, 3.05) is 12.3 Å². The van der Waals surface area contributed by atoms with Gasteiger partial charge in [0.15, 0.2) is 0 Å². The first-order valence-electron chi connectivity index (χ1n) is 9.65. The second-order valence-corrected chi connectivity index (χ2v) is 9.04. The summed E-state index contributed by atoms with van der Waals surface area (Å²) < 4.78 is 0. The molecule has 0 unspecified atom stereocenters. The molecule has 0 fully saturated rings. The van der Waals surface area contributed by atoms with Crippen LogP contribution in [0.1, 0.15) is 31.4 Å². The first-order valence-corrected chi connectivity index (χ1v) is 11.9. The van der Waals surface area contributed by atoms with Crippen molar-refractivity contribution in [1.29, 1.82) is 0 Å². The number of halogens is 3. The monoisotopic (exact) mass is 486 g/mol. The molecular formula is C22H25Cl3N2O2S.